The van der Waals surface area contributed by atoms with Gasteiger partial charge in [-0.2, -0.15) is 0 Å². The molecule has 0 radical (unpaired) electrons. The highest BCUT2D eigenvalue weighted by Crippen LogP contribution is 2.24. The Morgan fingerprint density at radius 1 is 1.47 bits per heavy atom. The number of hydrogen-bond donors (Lipinski definition) is 2. The summed E-state index contributed by atoms with van der Waals surface area (Å²) >= 11 is 4.94. The van der Waals surface area contributed by atoms with Crippen molar-refractivity contribution in [2.75, 3.05) is 33.9 Å². The second kappa shape index (κ2) is 8.06. The predicted octanol–water partition coefficient (Wildman–Crippen LogP) is -0.0902. The highest BCUT2D eigenvalue weighted by Gasteiger charge is 2.37. The highest BCUT2D eigenvalue weighted by atomic mass is 32.1. The zero-order valence-corrected chi connectivity index (χ0v) is 12.8. The fourth-order valence-electron chi connectivity index (χ4n) is 1.49. The first-order chi connectivity index (χ1) is 8.79. The zero-order valence-electron chi connectivity index (χ0n) is 12.0. The molecular formula is C12H23N3O3S. The van der Waals surface area contributed by atoms with Crippen molar-refractivity contribution in [3.05, 3.63) is 0 Å². The minimum Gasteiger partial charge on any atom is -0.392 e. The van der Waals surface area contributed by atoms with E-state index >= 15 is 0 Å². The molecule has 0 saturated carbocycles. The Balaban J connectivity index is 4.49. The van der Waals surface area contributed by atoms with Gasteiger partial charge in [0, 0.05) is 20.7 Å². The number of amides is 2. The van der Waals surface area contributed by atoms with Crippen LogP contribution in [-0.4, -0.2) is 55.6 Å². The van der Waals surface area contributed by atoms with Crippen molar-refractivity contribution >= 4 is 29.0 Å². The second-order valence-corrected chi connectivity index (χ2v) is 4.99. The largest absolute Gasteiger partial charge is 0.392 e. The molecule has 19 heavy (non-hydrogen) atoms. The van der Waals surface area contributed by atoms with Crippen molar-refractivity contribution < 1.29 is 14.3 Å². The van der Waals surface area contributed by atoms with Gasteiger partial charge in [0.25, 0.3) is 0 Å². The summed E-state index contributed by atoms with van der Waals surface area (Å²) in [6.07, 6.45) is 0.497. The lowest BCUT2D eigenvalue weighted by Crippen LogP contribution is -2.49. The number of likely N-dealkylation sites (N-methyl/N-ethyl adjacent to an activating group) is 1. The van der Waals surface area contributed by atoms with Gasteiger partial charge in [0.05, 0.1) is 23.6 Å². The van der Waals surface area contributed by atoms with Crippen LogP contribution >= 0.6 is 12.2 Å². The van der Waals surface area contributed by atoms with Crippen LogP contribution in [0.15, 0.2) is 0 Å². The first-order valence-electron chi connectivity index (χ1n) is 6.10. The fraction of sp³-hybridized carbons (Fsp3) is 0.750. The lowest BCUT2D eigenvalue weighted by Gasteiger charge is -2.30. The second-order valence-electron chi connectivity index (χ2n) is 4.55. The van der Waals surface area contributed by atoms with E-state index < -0.39 is 5.41 Å². The van der Waals surface area contributed by atoms with Gasteiger partial charge in [-0.25, -0.2) is 0 Å². The third kappa shape index (κ3) is 5.12. The number of nitrogens with one attached hydrogen (secondary N) is 1. The Morgan fingerprint density at radius 2 is 2.05 bits per heavy atom. The third-order valence-corrected chi connectivity index (χ3v) is 3.53. The lowest BCUT2D eigenvalue weighted by atomic mass is 9.86. The average molecular weight is 289 g/mol. The van der Waals surface area contributed by atoms with Crippen LogP contribution in [0.1, 0.15) is 20.3 Å². The van der Waals surface area contributed by atoms with Crippen molar-refractivity contribution in [3.63, 3.8) is 0 Å². The van der Waals surface area contributed by atoms with Gasteiger partial charge in [0.1, 0.15) is 0 Å². The van der Waals surface area contributed by atoms with Crippen LogP contribution in [0.5, 0.6) is 0 Å². The number of carbonyl (C=O) groups excluding carboxylic acids is 2. The minimum absolute atomic E-state index is 0.0270. The van der Waals surface area contributed by atoms with E-state index in [0.717, 1.165) is 0 Å². The topological polar surface area (TPSA) is 84.7 Å². The molecule has 0 aromatic heterocycles. The molecule has 0 aliphatic rings. The number of ether oxygens (including phenoxy) is 1. The zero-order chi connectivity index (χ0) is 15.1. The molecule has 0 spiro atoms. The van der Waals surface area contributed by atoms with Gasteiger partial charge in [-0.3, -0.25) is 9.59 Å². The minimum atomic E-state index is -0.906. The standard InChI is InChI=1S/C12H23N3O3S/c1-5-12(2,10(13)19)11(17)15(3)8-9(16)14-6-7-18-4/h5-8H2,1-4H3,(H2,13,19)(H,14,16). The van der Waals surface area contributed by atoms with Crippen LogP contribution in [0.4, 0.5) is 0 Å². The summed E-state index contributed by atoms with van der Waals surface area (Å²) in [4.78, 5) is 25.3. The van der Waals surface area contributed by atoms with Crippen molar-refractivity contribution in [2.45, 2.75) is 20.3 Å². The van der Waals surface area contributed by atoms with Gasteiger partial charge in [-0.15, -0.1) is 0 Å². The van der Waals surface area contributed by atoms with Gasteiger partial charge in [-0.1, -0.05) is 19.1 Å². The van der Waals surface area contributed by atoms with Crippen molar-refractivity contribution in [1.29, 1.82) is 0 Å². The van der Waals surface area contributed by atoms with Crippen molar-refractivity contribution in [3.8, 4) is 0 Å². The fourth-order valence-corrected chi connectivity index (χ4v) is 1.72. The lowest BCUT2D eigenvalue weighted by molar-refractivity contribution is -0.139. The molecule has 6 nitrogen and oxygen atoms in total. The molecule has 0 aliphatic carbocycles. The molecule has 1 unspecified atom stereocenters. The number of nitrogens with two attached hydrogens (primary N) is 1. The molecule has 0 aliphatic heterocycles. The summed E-state index contributed by atoms with van der Waals surface area (Å²) in [5, 5.41) is 2.65. The van der Waals surface area contributed by atoms with Crippen LogP contribution in [0, 0.1) is 5.41 Å². The normalized spacial score (nSPS) is 13.5. The van der Waals surface area contributed by atoms with Gasteiger partial charge in [0.2, 0.25) is 11.8 Å². The molecule has 3 N–H and O–H groups in total. The predicted molar refractivity (Wildman–Crippen MR) is 77.7 cm³/mol. The Kier molecular flexibility index (Phi) is 7.55. The van der Waals surface area contributed by atoms with Crippen LogP contribution in [-0.2, 0) is 14.3 Å². The molecule has 2 amide bonds. The van der Waals surface area contributed by atoms with Gasteiger partial charge >= 0.3 is 0 Å². The molecule has 0 aromatic carbocycles. The van der Waals surface area contributed by atoms with Gasteiger partial charge in [-0.05, 0) is 13.3 Å². The summed E-state index contributed by atoms with van der Waals surface area (Å²) in [6.45, 7) is 4.35. The van der Waals surface area contributed by atoms with Crippen molar-refractivity contribution in [2.24, 2.45) is 11.1 Å². The summed E-state index contributed by atoms with van der Waals surface area (Å²) < 4.78 is 4.82. The average Bonchev–Trinajstić information content (AvgIpc) is 2.36. The summed E-state index contributed by atoms with van der Waals surface area (Å²) in [5.41, 5.74) is 4.71. The van der Waals surface area contributed by atoms with E-state index in [-0.39, 0.29) is 23.3 Å². The maximum atomic E-state index is 12.3. The van der Waals surface area contributed by atoms with Crippen LogP contribution < -0.4 is 11.1 Å². The molecule has 0 aromatic rings. The number of methoxy groups -OCH3 is 1. The molecular weight excluding hydrogens is 266 g/mol. The number of nitrogens with zero attached hydrogens (tertiary/aromatic N) is 1. The molecule has 7 heteroatoms. The summed E-state index contributed by atoms with van der Waals surface area (Å²) in [6, 6.07) is 0. The van der Waals surface area contributed by atoms with E-state index in [2.05, 4.69) is 5.32 Å². The number of thiocarbonyl (C=S) groups is 1. The monoisotopic (exact) mass is 289 g/mol. The summed E-state index contributed by atoms with van der Waals surface area (Å²) in [7, 11) is 3.11. The van der Waals surface area contributed by atoms with E-state index in [0.29, 0.717) is 19.6 Å². The Bertz CT molecular complexity index is 349. The smallest absolute Gasteiger partial charge is 0.239 e. The maximum absolute atomic E-state index is 12.3. The number of carbonyl (C=O) groups is 2. The molecule has 0 rings (SSSR count). The van der Waals surface area contributed by atoms with E-state index in [4.69, 9.17) is 22.7 Å². The van der Waals surface area contributed by atoms with Crippen LogP contribution in [0.3, 0.4) is 0 Å². The molecule has 0 bridgehead atoms. The molecule has 0 fully saturated rings. The summed E-state index contributed by atoms with van der Waals surface area (Å²) in [5.74, 6) is -0.487. The molecule has 1 atom stereocenters. The van der Waals surface area contributed by atoms with Crippen molar-refractivity contribution in [1.82, 2.24) is 10.2 Å². The van der Waals surface area contributed by atoms with Crippen LogP contribution in [0.25, 0.3) is 0 Å². The maximum Gasteiger partial charge on any atom is 0.239 e. The van der Waals surface area contributed by atoms with Crippen LogP contribution in [0.2, 0.25) is 0 Å². The number of rotatable bonds is 8. The van der Waals surface area contributed by atoms with E-state index in [9.17, 15) is 9.59 Å². The van der Waals surface area contributed by atoms with Gasteiger partial charge in [0.15, 0.2) is 0 Å². The van der Waals surface area contributed by atoms with E-state index in [1.54, 1.807) is 21.1 Å². The first kappa shape index (κ1) is 17.8. The SMILES string of the molecule is CCC(C)(C(=O)N(C)CC(=O)NCCOC)C(N)=S. The van der Waals surface area contributed by atoms with E-state index in [1.807, 2.05) is 6.92 Å². The quantitative estimate of drug-likeness (QED) is 0.482. The third-order valence-electron chi connectivity index (χ3n) is 3.08. The molecule has 0 saturated heterocycles. The van der Waals surface area contributed by atoms with Gasteiger partial charge < -0.3 is 20.7 Å². The van der Waals surface area contributed by atoms with E-state index in [1.165, 1.54) is 4.90 Å². The molecule has 110 valence electrons. The first-order valence-corrected chi connectivity index (χ1v) is 6.51. The Hall–Kier alpha value is -1.21. The highest BCUT2D eigenvalue weighted by molar-refractivity contribution is 7.80. The Morgan fingerprint density at radius 3 is 2.47 bits per heavy atom. The molecule has 0 heterocycles. The number of hydrogen-bond acceptors (Lipinski definition) is 4. The Labute approximate surface area is 119 Å².